The Labute approximate surface area is 103 Å². The molecule has 1 atom stereocenters. The summed E-state index contributed by atoms with van der Waals surface area (Å²) < 4.78 is 0. The molecule has 1 N–H and O–H groups in total. The first-order valence-corrected chi connectivity index (χ1v) is 6.24. The van der Waals surface area contributed by atoms with E-state index in [9.17, 15) is 0 Å². The fraction of sp³-hybridized carbons (Fsp3) is 0.538. The highest BCUT2D eigenvalue weighted by atomic mass is 35.5. The van der Waals surface area contributed by atoms with E-state index in [-0.39, 0.29) is 0 Å². The number of rotatable bonds is 2. The number of piperazine rings is 1. The summed E-state index contributed by atoms with van der Waals surface area (Å²) in [5.41, 5.74) is 2.68. The first kappa shape index (κ1) is 11.9. The quantitative estimate of drug-likeness (QED) is 0.852. The van der Waals surface area contributed by atoms with E-state index in [1.54, 1.807) is 0 Å². The number of hydrogen-bond donors (Lipinski definition) is 1. The highest BCUT2D eigenvalue weighted by Crippen LogP contribution is 2.18. The molecule has 1 aromatic carbocycles. The van der Waals surface area contributed by atoms with Gasteiger partial charge in [-0.1, -0.05) is 17.7 Å². The molecule has 1 saturated heterocycles. The zero-order valence-corrected chi connectivity index (χ0v) is 10.7. The van der Waals surface area contributed by atoms with Crippen molar-refractivity contribution in [2.45, 2.75) is 26.4 Å². The topological polar surface area (TPSA) is 15.3 Å². The number of nitrogens with one attached hydrogen (secondary N) is 1. The molecule has 16 heavy (non-hydrogen) atoms. The Hall–Kier alpha value is -0.570. The van der Waals surface area contributed by atoms with Crippen LogP contribution < -0.4 is 5.32 Å². The van der Waals surface area contributed by atoms with Crippen LogP contribution in [0.5, 0.6) is 0 Å². The Morgan fingerprint density at radius 2 is 2.31 bits per heavy atom. The lowest BCUT2D eigenvalue weighted by atomic mass is 10.1. The van der Waals surface area contributed by atoms with Gasteiger partial charge in [0, 0.05) is 37.2 Å². The minimum atomic E-state index is 0.615. The van der Waals surface area contributed by atoms with Crippen LogP contribution in [-0.2, 0) is 6.54 Å². The van der Waals surface area contributed by atoms with Gasteiger partial charge in [0.1, 0.15) is 0 Å². The minimum Gasteiger partial charge on any atom is -0.314 e. The normalized spacial score (nSPS) is 22.3. The van der Waals surface area contributed by atoms with Crippen molar-refractivity contribution in [1.82, 2.24) is 10.2 Å². The lowest BCUT2D eigenvalue weighted by molar-refractivity contribution is 0.165. The molecule has 1 aliphatic rings. The van der Waals surface area contributed by atoms with Crippen LogP contribution in [0.3, 0.4) is 0 Å². The molecule has 2 nitrogen and oxygen atoms in total. The number of halogens is 1. The van der Waals surface area contributed by atoms with E-state index in [1.165, 1.54) is 11.1 Å². The summed E-state index contributed by atoms with van der Waals surface area (Å²) in [6, 6.07) is 6.79. The maximum absolute atomic E-state index is 5.96. The summed E-state index contributed by atoms with van der Waals surface area (Å²) in [4.78, 5) is 2.52. The molecule has 3 heteroatoms. The zero-order chi connectivity index (χ0) is 11.5. The van der Waals surface area contributed by atoms with Gasteiger partial charge in [-0.25, -0.2) is 0 Å². The molecule has 88 valence electrons. The molecule has 1 aliphatic heterocycles. The Morgan fingerprint density at radius 3 is 3.00 bits per heavy atom. The Balaban J connectivity index is 2.07. The molecule has 0 bridgehead atoms. The van der Waals surface area contributed by atoms with E-state index in [0.717, 1.165) is 31.2 Å². The van der Waals surface area contributed by atoms with Gasteiger partial charge < -0.3 is 5.32 Å². The van der Waals surface area contributed by atoms with Crippen LogP contribution in [0, 0.1) is 6.92 Å². The third-order valence-corrected chi connectivity index (χ3v) is 3.55. The average Bonchev–Trinajstić information content (AvgIpc) is 2.25. The van der Waals surface area contributed by atoms with Gasteiger partial charge in [-0.15, -0.1) is 0 Å². The van der Waals surface area contributed by atoms with E-state index in [1.807, 2.05) is 12.1 Å². The largest absolute Gasteiger partial charge is 0.314 e. The third-order valence-electron chi connectivity index (χ3n) is 3.32. The molecule has 0 spiro atoms. The van der Waals surface area contributed by atoms with Crippen LogP contribution in [0.2, 0.25) is 5.02 Å². The van der Waals surface area contributed by atoms with Gasteiger partial charge >= 0.3 is 0 Å². The van der Waals surface area contributed by atoms with Crippen molar-refractivity contribution in [3.8, 4) is 0 Å². The Bertz CT molecular complexity index is 365. The van der Waals surface area contributed by atoms with Gasteiger partial charge in [-0.2, -0.15) is 0 Å². The predicted octanol–water partition coefficient (Wildman–Crippen LogP) is 2.44. The lowest BCUT2D eigenvalue weighted by Gasteiger charge is -2.34. The second-order valence-corrected chi connectivity index (χ2v) is 5.03. The summed E-state index contributed by atoms with van der Waals surface area (Å²) in [6.07, 6.45) is 0. The minimum absolute atomic E-state index is 0.615. The molecule has 0 aliphatic carbocycles. The van der Waals surface area contributed by atoms with Crippen molar-refractivity contribution < 1.29 is 0 Å². The molecule has 1 heterocycles. The molecule has 1 unspecified atom stereocenters. The lowest BCUT2D eigenvalue weighted by Crippen LogP contribution is -2.49. The zero-order valence-electron chi connectivity index (χ0n) is 9.96. The number of nitrogens with zero attached hydrogens (tertiary/aromatic N) is 1. The van der Waals surface area contributed by atoms with Gasteiger partial charge in [0.25, 0.3) is 0 Å². The van der Waals surface area contributed by atoms with Crippen LogP contribution in [0.4, 0.5) is 0 Å². The molecule has 1 aromatic rings. The molecule has 1 fully saturated rings. The summed E-state index contributed by atoms with van der Waals surface area (Å²) in [5.74, 6) is 0. The number of benzene rings is 1. The van der Waals surface area contributed by atoms with Crippen LogP contribution in [0.25, 0.3) is 0 Å². The average molecular weight is 239 g/mol. The van der Waals surface area contributed by atoms with E-state index in [4.69, 9.17) is 11.6 Å². The molecule has 0 radical (unpaired) electrons. The van der Waals surface area contributed by atoms with E-state index < -0.39 is 0 Å². The highest BCUT2D eigenvalue weighted by molar-refractivity contribution is 6.30. The molecule has 0 amide bonds. The predicted molar refractivity (Wildman–Crippen MR) is 68.9 cm³/mol. The van der Waals surface area contributed by atoms with Crippen molar-refractivity contribution in [2.24, 2.45) is 0 Å². The van der Waals surface area contributed by atoms with Crippen LogP contribution >= 0.6 is 11.6 Å². The summed E-state index contributed by atoms with van der Waals surface area (Å²) in [7, 11) is 0. The third kappa shape index (κ3) is 2.76. The van der Waals surface area contributed by atoms with Gasteiger partial charge in [-0.05, 0) is 37.1 Å². The molecular formula is C13H19ClN2. The van der Waals surface area contributed by atoms with Crippen LogP contribution in [0.1, 0.15) is 18.1 Å². The smallest absolute Gasteiger partial charge is 0.0408 e. The van der Waals surface area contributed by atoms with E-state index in [2.05, 4.69) is 30.1 Å². The SMILES string of the molecule is Cc1cc(Cl)ccc1CN1CCNCC1C. The monoisotopic (exact) mass is 238 g/mol. The van der Waals surface area contributed by atoms with Gasteiger partial charge in [0.2, 0.25) is 0 Å². The van der Waals surface area contributed by atoms with Gasteiger partial charge in [0.05, 0.1) is 0 Å². The second-order valence-electron chi connectivity index (χ2n) is 4.59. The van der Waals surface area contributed by atoms with Gasteiger partial charge in [0.15, 0.2) is 0 Å². The Kier molecular flexibility index (Phi) is 3.85. The van der Waals surface area contributed by atoms with Crippen molar-refractivity contribution in [1.29, 1.82) is 0 Å². The van der Waals surface area contributed by atoms with E-state index >= 15 is 0 Å². The summed E-state index contributed by atoms with van der Waals surface area (Å²) in [6.45, 7) is 8.75. The molecule has 2 rings (SSSR count). The second kappa shape index (κ2) is 5.17. The molecule has 0 aromatic heterocycles. The summed E-state index contributed by atoms with van der Waals surface area (Å²) in [5, 5.41) is 4.24. The van der Waals surface area contributed by atoms with Crippen LogP contribution in [-0.4, -0.2) is 30.6 Å². The van der Waals surface area contributed by atoms with Crippen molar-refractivity contribution in [3.63, 3.8) is 0 Å². The molecule has 0 saturated carbocycles. The fourth-order valence-corrected chi connectivity index (χ4v) is 2.40. The fourth-order valence-electron chi connectivity index (χ4n) is 2.17. The maximum Gasteiger partial charge on any atom is 0.0408 e. The number of hydrogen-bond acceptors (Lipinski definition) is 2. The van der Waals surface area contributed by atoms with Crippen molar-refractivity contribution in [3.05, 3.63) is 34.3 Å². The van der Waals surface area contributed by atoms with Gasteiger partial charge in [-0.3, -0.25) is 4.90 Å². The first-order chi connectivity index (χ1) is 7.66. The Morgan fingerprint density at radius 1 is 1.50 bits per heavy atom. The maximum atomic E-state index is 5.96. The van der Waals surface area contributed by atoms with E-state index in [0.29, 0.717) is 6.04 Å². The highest BCUT2D eigenvalue weighted by Gasteiger charge is 2.18. The number of aryl methyl sites for hydroxylation is 1. The van der Waals surface area contributed by atoms with Crippen molar-refractivity contribution >= 4 is 11.6 Å². The summed E-state index contributed by atoms with van der Waals surface area (Å²) >= 11 is 5.96. The van der Waals surface area contributed by atoms with Crippen LogP contribution in [0.15, 0.2) is 18.2 Å². The molecular weight excluding hydrogens is 220 g/mol. The first-order valence-electron chi connectivity index (χ1n) is 5.86. The standard InChI is InChI=1S/C13H19ClN2/c1-10-7-13(14)4-3-12(10)9-16-6-5-15-8-11(16)2/h3-4,7,11,15H,5-6,8-9H2,1-2H3. The van der Waals surface area contributed by atoms with Crippen molar-refractivity contribution in [2.75, 3.05) is 19.6 Å².